The van der Waals surface area contributed by atoms with Crippen LogP contribution in [0.3, 0.4) is 0 Å². The normalized spacial score (nSPS) is 9.62. The topological polar surface area (TPSA) is 58.2 Å². The molecule has 0 radical (unpaired) electrons. The van der Waals surface area contributed by atoms with Crippen molar-refractivity contribution >= 4 is 23.4 Å². The summed E-state index contributed by atoms with van der Waals surface area (Å²) in [4.78, 5) is 22.3. The number of carbonyl (C=O) groups excluding carboxylic acids is 2. The van der Waals surface area contributed by atoms with Gasteiger partial charge in [0.25, 0.3) is 0 Å². The lowest BCUT2D eigenvalue weighted by Crippen LogP contribution is -2.39. The Morgan fingerprint density at radius 1 is 1.25 bits per heavy atom. The van der Waals surface area contributed by atoms with Gasteiger partial charge in [0.2, 0.25) is 0 Å². The molecule has 0 unspecified atom stereocenters. The fraction of sp³-hybridized carbons (Fsp3) is 0.273. The Bertz CT molecular complexity index is 393. The minimum Gasteiger partial charge on any atom is -0.348 e. The maximum atomic E-state index is 11.2. The van der Waals surface area contributed by atoms with Crippen LogP contribution in [0.15, 0.2) is 24.3 Å². The smallest absolute Gasteiger partial charge is 0.309 e. The Balaban J connectivity index is 2.46. The van der Waals surface area contributed by atoms with Gasteiger partial charge in [0.05, 0.1) is 0 Å². The molecule has 0 spiro atoms. The average Bonchev–Trinajstić information content (AvgIpc) is 2.26. The number of hydrogen-bond acceptors (Lipinski definition) is 2. The van der Waals surface area contributed by atoms with Crippen LogP contribution in [0.5, 0.6) is 0 Å². The van der Waals surface area contributed by atoms with E-state index in [2.05, 4.69) is 10.6 Å². The van der Waals surface area contributed by atoms with E-state index in [0.29, 0.717) is 11.6 Å². The van der Waals surface area contributed by atoms with Crippen LogP contribution in [0.1, 0.15) is 12.5 Å². The molecule has 2 N–H and O–H groups in total. The minimum absolute atomic E-state index is 0.288. The minimum atomic E-state index is -0.637. The Labute approximate surface area is 99.0 Å². The van der Waals surface area contributed by atoms with Gasteiger partial charge < -0.3 is 10.6 Å². The molecule has 0 fully saturated rings. The van der Waals surface area contributed by atoms with Crippen LogP contribution in [0.4, 0.5) is 0 Å². The summed E-state index contributed by atoms with van der Waals surface area (Å²) in [6, 6.07) is 7.09. The first kappa shape index (κ1) is 12.5. The van der Waals surface area contributed by atoms with Crippen molar-refractivity contribution in [1.29, 1.82) is 0 Å². The van der Waals surface area contributed by atoms with Crippen LogP contribution in [0.2, 0.25) is 5.02 Å². The van der Waals surface area contributed by atoms with Crippen LogP contribution in [-0.2, 0) is 16.1 Å². The summed E-state index contributed by atoms with van der Waals surface area (Å²) in [5, 5.41) is 5.52. The molecule has 16 heavy (non-hydrogen) atoms. The second-order valence-corrected chi connectivity index (χ2v) is 3.61. The zero-order valence-electron chi connectivity index (χ0n) is 8.92. The Morgan fingerprint density at radius 3 is 2.56 bits per heavy atom. The van der Waals surface area contributed by atoms with Gasteiger partial charge in [-0.15, -0.1) is 0 Å². The number of halogens is 1. The molecule has 1 aromatic rings. The summed E-state index contributed by atoms with van der Waals surface area (Å²) < 4.78 is 0. The van der Waals surface area contributed by atoms with Crippen LogP contribution >= 0.6 is 11.6 Å². The lowest BCUT2D eigenvalue weighted by Gasteiger charge is -2.05. The first-order chi connectivity index (χ1) is 7.63. The van der Waals surface area contributed by atoms with Gasteiger partial charge in [-0.2, -0.15) is 0 Å². The van der Waals surface area contributed by atoms with E-state index in [1.165, 1.54) is 0 Å². The monoisotopic (exact) mass is 240 g/mol. The summed E-state index contributed by atoms with van der Waals surface area (Å²) in [5.41, 5.74) is 0.852. The Morgan fingerprint density at radius 2 is 1.94 bits per heavy atom. The number of hydrogen-bond donors (Lipinski definition) is 2. The van der Waals surface area contributed by atoms with Gasteiger partial charge in [0, 0.05) is 18.1 Å². The van der Waals surface area contributed by atoms with Gasteiger partial charge in [0.1, 0.15) is 0 Å². The average molecular weight is 241 g/mol. The molecule has 0 aliphatic heterocycles. The Hall–Kier alpha value is -1.55. The van der Waals surface area contributed by atoms with Gasteiger partial charge >= 0.3 is 11.8 Å². The van der Waals surface area contributed by atoms with Crippen LogP contribution in [-0.4, -0.2) is 18.4 Å². The molecule has 0 saturated heterocycles. The summed E-state index contributed by atoms with van der Waals surface area (Å²) in [6.45, 7) is 2.47. The maximum absolute atomic E-state index is 11.2. The summed E-state index contributed by atoms with van der Waals surface area (Å²) in [6.07, 6.45) is 0. The van der Waals surface area contributed by atoms with Crippen molar-refractivity contribution in [2.75, 3.05) is 6.54 Å². The SMILES string of the molecule is CCNC(=O)C(=O)NCc1cccc(Cl)c1. The summed E-state index contributed by atoms with van der Waals surface area (Å²) in [5.74, 6) is -1.26. The van der Waals surface area contributed by atoms with E-state index in [0.717, 1.165) is 5.56 Å². The molecule has 5 heteroatoms. The zero-order chi connectivity index (χ0) is 12.0. The number of carbonyl (C=O) groups is 2. The molecule has 1 aromatic carbocycles. The van der Waals surface area contributed by atoms with Crippen molar-refractivity contribution in [3.8, 4) is 0 Å². The van der Waals surface area contributed by atoms with E-state index >= 15 is 0 Å². The number of benzene rings is 1. The van der Waals surface area contributed by atoms with Gasteiger partial charge in [-0.3, -0.25) is 9.59 Å². The van der Waals surface area contributed by atoms with Gasteiger partial charge in [-0.1, -0.05) is 23.7 Å². The Kier molecular flexibility index (Phi) is 4.79. The van der Waals surface area contributed by atoms with Crippen molar-refractivity contribution < 1.29 is 9.59 Å². The fourth-order valence-corrected chi connectivity index (χ4v) is 1.36. The van der Waals surface area contributed by atoms with Crippen molar-refractivity contribution in [2.45, 2.75) is 13.5 Å². The van der Waals surface area contributed by atoms with Crippen LogP contribution in [0.25, 0.3) is 0 Å². The van der Waals surface area contributed by atoms with Crippen molar-refractivity contribution in [2.24, 2.45) is 0 Å². The number of likely N-dealkylation sites (N-methyl/N-ethyl adjacent to an activating group) is 1. The third-order valence-electron chi connectivity index (χ3n) is 1.89. The molecule has 0 saturated carbocycles. The maximum Gasteiger partial charge on any atom is 0.309 e. The first-order valence-corrected chi connectivity index (χ1v) is 5.31. The fourth-order valence-electron chi connectivity index (χ4n) is 1.15. The molecule has 0 heterocycles. The predicted molar refractivity (Wildman–Crippen MR) is 62.0 cm³/mol. The third kappa shape index (κ3) is 3.90. The molecule has 0 aromatic heterocycles. The predicted octanol–water partition coefficient (Wildman–Crippen LogP) is 1.09. The highest BCUT2D eigenvalue weighted by Gasteiger charge is 2.10. The van der Waals surface area contributed by atoms with Crippen molar-refractivity contribution in [1.82, 2.24) is 10.6 Å². The molecule has 4 nitrogen and oxygen atoms in total. The van der Waals surface area contributed by atoms with Crippen LogP contribution < -0.4 is 10.6 Å². The molecule has 2 amide bonds. The quantitative estimate of drug-likeness (QED) is 0.778. The van der Waals surface area contributed by atoms with E-state index in [-0.39, 0.29) is 6.54 Å². The molecule has 1 rings (SSSR count). The number of rotatable bonds is 3. The van der Waals surface area contributed by atoms with Gasteiger partial charge in [-0.25, -0.2) is 0 Å². The summed E-state index contributed by atoms with van der Waals surface area (Å²) >= 11 is 5.78. The zero-order valence-corrected chi connectivity index (χ0v) is 9.67. The van der Waals surface area contributed by atoms with E-state index in [1.54, 1.807) is 25.1 Å². The molecule has 0 atom stereocenters. The van der Waals surface area contributed by atoms with Crippen molar-refractivity contribution in [3.63, 3.8) is 0 Å². The number of amides is 2. The molecule has 86 valence electrons. The molecular weight excluding hydrogens is 228 g/mol. The number of nitrogens with one attached hydrogen (secondary N) is 2. The summed E-state index contributed by atoms with van der Waals surface area (Å²) in [7, 11) is 0. The molecule has 0 aliphatic carbocycles. The highest BCUT2D eigenvalue weighted by Crippen LogP contribution is 2.09. The second kappa shape index (κ2) is 6.12. The molecule has 0 aliphatic rings. The molecule has 0 bridgehead atoms. The highest BCUT2D eigenvalue weighted by molar-refractivity contribution is 6.35. The van der Waals surface area contributed by atoms with Gasteiger partial charge in [-0.05, 0) is 24.6 Å². The third-order valence-corrected chi connectivity index (χ3v) is 2.12. The standard InChI is InChI=1S/C11H13ClN2O2/c1-2-13-10(15)11(16)14-7-8-4-3-5-9(12)6-8/h3-6H,2,7H2,1H3,(H,13,15)(H,14,16). The van der Waals surface area contributed by atoms with E-state index in [4.69, 9.17) is 11.6 Å². The lowest BCUT2D eigenvalue weighted by atomic mass is 10.2. The van der Waals surface area contributed by atoms with Gasteiger partial charge in [0.15, 0.2) is 0 Å². The van der Waals surface area contributed by atoms with Crippen molar-refractivity contribution in [3.05, 3.63) is 34.9 Å². The first-order valence-electron chi connectivity index (χ1n) is 4.94. The van der Waals surface area contributed by atoms with E-state index in [9.17, 15) is 9.59 Å². The molecular formula is C11H13ClN2O2. The van der Waals surface area contributed by atoms with E-state index < -0.39 is 11.8 Å². The van der Waals surface area contributed by atoms with E-state index in [1.807, 2.05) is 6.07 Å². The lowest BCUT2D eigenvalue weighted by molar-refractivity contribution is -0.139. The highest BCUT2D eigenvalue weighted by atomic mass is 35.5. The van der Waals surface area contributed by atoms with Crippen LogP contribution in [0, 0.1) is 0 Å². The largest absolute Gasteiger partial charge is 0.348 e. The second-order valence-electron chi connectivity index (χ2n) is 3.17.